The number of aromatic nitrogens is 3. The van der Waals surface area contributed by atoms with Crippen molar-refractivity contribution in [1.82, 2.24) is 24.6 Å². The molecule has 2 saturated heterocycles. The summed E-state index contributed by atoms with van der Waals surface area (Å²) in [6, 6.07) is 8.30. The minimum atomic E-state index is -0.652. The number of nitrogens with two attached hydrogens (primary N) is 1. The van der Waals surface area contributed by atoms with Gasteiger partial charge in [0.1, 0.15) is 5.82 Å². The Balaban J connectivity index is 1.36. The van der Waals surface area contributed by atoms with Crippen molar-refractivity contribution in [1.29, 1.82) is 0 Å². The van der Waals surface area contributed by atoms with E-state index in [9.17, 15) is 9.59 Å². The van der Waals surface area contributed by atoms with E-state index >= 15 is 0 Å². The summed E-state index contributed by atoms with van der Waals surface area (Å²) >= 11 is 0. The van der Waals surface area contributed by atoms with E-state index in [-0.39, 0.29) is 6.04 Å². The van der Waals surface area contributed by atoms with Crippen LogP contribution in [-0.2, 0) is 16.0 Å². The predicted octanol–water partition coefficient (Wildman–Crippen LogP) is 3.78. The van der Waals surface area contributed by atoms with Crippen molar-refractivity contribution in [3.05, 3.63) is 47.8 Å². The van der Waals surface area contributed by atoms with Gasteiger partial charge in [-0.2, -0.15) is 5.10 Å². The number of anilines is 2. The van der Waals surface area contributed by atoms with E-state index in [1.807, 2.05) is 6.92 Å². The molecule has 0 radical (unpaired) electrons. The van der Waals surface area contributed by atoms with E-state index in [0.717, 1.165) is 60.8 Å². The normalized spacial score (nSPS) is 21.3. The monoisotopic (exact) mass is 503 g/mol. The SMILES string of the molecule is CCc1cc(NC(=O)C(=O)N2C[C@@H](C)CC[C@@H]2c2ccc3cn(C4CCN(C)CC4)nc3c2)cnc1N. The van der Waals surface area contributed by atoms with E-state index in [4.69, 9.17) is 10.8 Å². The van der Waals surface area contributed by atoms with Gasteiger partial charge in [0.2, 0.25) is 0 Å². The molecule has 4 heterocycles. The van der Waals surface area contributed by atoms with Gasteiger partial charge in [0.05, 0.1) is 29.5 Å². The zero-order valence-electron chi connectivity index (χ0n) is 22.0. The smallest absolute Gasteiger partial charge is 0.313 e. The molecular weight excluding hydrogens is 466 g/mol. The topological polar surface area (TPSA) is 109 Å². The third kappa shape index (κ3) is 5.32. The number of likely N-dealkylation sites (tertiary alicyclic amines) is 2. The Morgan fingerprint density at radius 3 is 2.68 bits per heavy atom. The van der Waals surface area contributed by atoms with Crippen LogP contribution in [-0.4, -0.2) is 63.1 Å². The van der Waals surface area contributed by atoms with E-state index < -0.39 is 11.8 Å². The average Bonchev–Trinajstić information content (AvgIpc) is 3.33. The highest BCUT2D eigenvalue weighted by Gasteiger charge is 2.34. The van der Waals surface area contributed by atoms with Crippen molar-refractivity contribution < 1.29 is 9.59 Å². The van der Waals surface area contributed by atoms with E-state index in [0.29, 0.717) is 36.4 Å². The predicted molar refractivity (Wildman–Crippen MR) is 145 cm³/mol. The summed E-state index contributed by atoms with van der Waals surface area (Å²) < 4.78 is 2.12. The molecule has 5 rings (SSSR count). The number of nitrogens with one attached hydrogen (secondary N) is 1. The molecule has 196 valence electrons. The van der Waals surface area contributed by atoms with Gasteiger partial charge in [-0.05, 0) is 81.4 Å². The first-order chi connectivity index (χ1) is 17.8. The molecule has 2 amide bonds. The molecule has 9 nitrogen and oxygen atoms in total. The van der Waals surface area contributed by atoms with Crippen LogP contribution in [0.2, 0.25) is 0 Å². The number of hydrogen-bond donors (Lipinski definition) is 2. The second-order valence-corrected chi connectivity index (χ2v) is 10.7. The molecule has 0 unspecified atom stereocenters. The first-order valence-corrected chi connectivity index (χ1v) is 13.4. The molecule has 2 aromatic heterocycles. The highest BCUT2D eigenvalue weighted by atomic mass is 16.2. The summed E-state index contributed by atoms with van der Waals surface area (Å²) in [6.45, 7) is 6.80. The minimum absolute atomic E-state index is 0.164. The van der Waals surface area contributed by atoms with Gasteiger partial charge in [-0.3, -0.25) is 14.3 Å². The number of rotatable bonds is 4. The van der Waals surface area contributed by atoms with Gasteiger partial charge in [0.15, 0.2) is 0 Å². The Labute approximate surface area is 218 Å². The lowest BCUT2D eigenvalue weighted by Crippen LogP contribution is -2.46. The second kappa shape index (κ2) is 10.5. The summed E-state index contributed by atoms with van der Waals surface area (Å²) in [7, 11) is 2.16. The van der Waals surface area contributed by atoms with E-state index in [1.54, 1.807) is 11.0 Å². The van der Waals surface area contributed by atoms with Crippen LogP contribution in [0.5, 0.6) is 0 Å². The first kappa shape index (κ1) is 25.2. The van der Waals surface area contributed by atoms with E-state index in [2.05, 4.69) is 58.2 Å². The Bertz CT molecular complexity index is 1290. The highest BCUT2D eigenvalue weighted by Crippen LogP contribution is 2.35. The second-order valence-electron chi connectivity index (χ2n) is 10.7. The van der Waals surface area contributed by atoms with Gasteiger partial charge < -0.3 is 20.9 Å². The van der Waals surface area contributed by atoms with Crippen molar-refractivity contribution >= 4 is 34.2 Å². The molecule has 9 heteroatoms. The zero-order chi connectivity index (χ0) is 26.1. The van der Waals surface area contributed by atoms with Crippen LogP contribution < -0.4 is 11.1 Å². The fraction of sp³-hybridized carbons (Fsp3) is 0.500. The lowest BCUT2D eigenvalue weighted by Gasteiger charge is -2.38. The summed E-state index contributed by atoms with van der Waals surface area (Å²) in [5.41, 5.74) is 9.16. The van der Waals surface area contributed by atoms with Gasteiger partial charge in [-0.15, -0.1) is 0 Å². The maximum atomic E-state index is 13.4. The van der Waals surface area contributed by atoms with Crippen LogP contribution in [0.25, 0.3) is 10.9 Å². The maximum Gasteiger partial charge on any atom is 0.313 e. The molecule has 2 fully saturated rings. The molecule has 2 aliphatic rings. The average molecular weight is 504 g/mol. The summed E-state index contributed by atoms with van der Waals surface area (Å²) in [5.74, 6) is -0.417. The third-order valence-corrected chi connectivity index (χ3v) is 7.91. The largest absolute Gasteiger partial charge is 0.383 e. The first-order valence-electron chi connectivity index (χ1n) is 13.4. The van der Waals surface area contributed by atoms with Crippen molar-refractivity contribution in [3.63, 3.8) is 0 Å². The number of nitrogens with zero attached hydrogens (tertiary/aromatic N) is 5. The van der Waals surface area contributed by atoms with Crippen LogP contribution in [0.3, 0.4) is 0 Å². The van der Waals surface area contributed by atoms with Gasteiger partial charge in [-0.25, -0.2) is 4.98 Å². The molecule has 2 atom stereocenters. The molecule has 2 aliphatic heterocycles. The lowest BCUT2D eigenvalue weighted by atomic mass is 9.89. The molecule has 37 heavy (non-hydrogen) atoms. The summed E-state index contributed by atoms with van der Waals surface area (Å²) in [5, 5.41) is 8.75. The molecule has 3 N–H and O–H groups in total. The maximum absolute atomic E-state index is 13.4. The molecule has 0 spiro atoms. The van der Waals surface area contributed by atoms with Gasteiger partial charge >= 0.3 is 11.8 Å². The fourth-order valence-corrected chi connectivity index (χ4v) is 5.62. The van der Waals surface area contributed by atoms with Crippen molar-refractivity contribution in [2.75, 3.05) is 37.7 Å². The van der Waals surface area contributed by atoms with Crippen molar-refractivity contribution in [2.45, 2.75) is 58.0 Å². The molecule has 0 saturated carbocycles. The minimum Gasteiger partial charge on any atom is -0.383 e. The van der Waals surface area contributed by atoms with E-state index in [1.165, 1.54) is 6.20 Å². The zero-order valence-corrected chi connectivity index (χ0v) is 22.0. The lowest BCUT2D eigenvalue weighted by molar-refractivity contribution is -0.146. The fourth-order valence-electron chi connectivity index (χ4n) is 5.62. The van der Waals surface area contributed by atoms with Crippen LogP contribution in [0.15, 0.2) is 36.7 Å². The number of benzene rings is 1. The summed E-state index contributed by atoms with van der Waals surface area (Å²) in [6.07, 6.45) is 8.32. The van der Waals surface area contributed by atoms with Crippen molar-refractivity contribution in [3.8, 4) is 0 Å². The Kier molecular flexibility index (Phi) is 7.15. The number of fused-ring (bicyclic) bond motifs is 1. The number of nitrogen functional groups attached to an aromatic ring is 1. The van der Waals surface area contributed by atoms with Crippen LogP contribution in [0, 0.1) is 5.92 Å². The van der Waals surface area contributed by atoms with Crippen molar-refractivity contribution in [2.24, 2.45) is 5.92 Å². The molecule has 0 bridgehead atoms. The quantitative estimate of drug-likeness (QED) is 0.525. The Hall–Kier alpha value is -3.46. The number of aryl methyl sites for hydroxylation is 1. The molecule has 0 aliphatic carbocycles. The summed E-state index contributed by atoms with van der Waals surface area (Å²) in [4.78, 5) is 34.6. The highest BCUT2D eigenvalue weighted by molar-refractivity contribution is 6.39. The number of hydrogen-bond acceptors (Lipinski definition) is 6. The van der Waals surface area contributed by atoms with Gasteiger partial charge in [0, 0.05) is 18.1 Å². The van der Waals surface area contributed by atoms with Crippen LogP contribution in [0.4, 0.5) is 11.5 Å². The van der Waals surface area contributed by atoms with Gasteiger partial charge in [0.25, 0.3) is 0 Å². The number of pyridine rings is 1. The van der Waals surface area contributed by atoms with Gasteiger partial charge in [-0.1, -0.05) is 26.0 Å². The Morgan fingerprint density at radius 1 is 1.14 bits per heavy atom. The third-order valence-electron chi connectivity index (χ3n) is 7.91. The molecule has 1 aromatic carbocycles. The molecule has 3 aromatic rings. The van der Waals surface area contributed by atoms with Crippen LogP contribution in [0.1, 0.15) is 62.7 Å². The number of piperidine rings is 2. The number of carbonyl (C=O) groups excluding carboxylic acids is 2. The number of carbonyl (C=O) groups is 2. The Morgan fingerprint density at radius 2 is 1.92 bits per heavy atom. The number of amides is 2. The van der Waals surface area contributed by atoms with Crippen LogP contribution >= 0.6 is 0 Å². The molecular formula is C28H37N7O2. The standard InChI is InChI=1S/C28H37N7O2/c1-4-19-13-22(15-30-26(19)29)31-27(36)28(37)34-16-18(2)5-8-25(34)20-6-7-21-17-35(32-24(21)14-20)23-9-11-33(3)12-10-23/h6-7,13-15,17-18,23,25H,4-5,8-12,16H2,1-3H3,(H2,29,30)(H,31,36)/t18-,25+/m0/s1.